The summed E-state index contributed by atoms with van der Waals surface area (Å²) < 4.78 is 6.24. The molecule has 0 saturated heterocycles. The Bertz CT molecular complexity index is 1530. The minimum absolute atomic E-state index is 0.162. The van der Waals surface area contributed by atoms with Crippen molar-refractivity contribution in [2.24, 2.45) is 0 Å². The second-order valence-electron chi connectivity index (χ2n) is 7.23. The molecule has 0 unspecified atom stereocenters. The van der Waals surface area contributed by atoms with Crippen LogP contribution in [0.1, 0.15) is 20.9 Å². The predicted molar refractivity (Wildman–Crippen MR) is 124 cm³/mol. The third kappa shape index (κ3) is 3.39. The maximum absolute atomic E-state index is 13.4. The summed E-state index contributed by atoms with van der Waals surface area (Å²) in [6.07, 6.45) is 0. The van der Waals surface area contributed by atoms with Crippen LogP contribution < -0.4 is 16.0 Å². The molecule has 0 bridgehead atoms. The first-order valence-corrected chi connectivity index (χ1v) is 10.8. The number of ketones is 1. The number of thiophene rings is 1. The monoisotopic (exact) mass is 463 g/mol. The molecule has 3 aromatic heterocycles. The number of hydrogen-bond acceptors (Lipinski definition) is 6. The van der Waals surface area contributed by atoms with Gasteiger partial charge < -0.3 is 5.73 Å². The molecule has 5 rings (SSSR count). The van der Waals surface area contributed by atoms with E-state index in [0.717, 1.165) is 28.2 Å². The van der Waals surface area contributed by atoms with E-state index < -0.39 is 11.4 Å². The second-order valence-corrected chi connectivity index (χ2v) is 8.67. The van der Waals surface area contributed by atoms with Crippen LogP contribution in [0.5, 0.6) is 0 Å². The average Bonchev–Trinajstić information content (AvgIpc) is 3.34. The number of nitrogen functional groups attached to an aromatic ring is 1. The van der Waals surface area contributed by atoms with Crippen LogP contribution in [0.15, 0.2) is 70.0 Å². The maximum Gasteiger partial charge on any atom is 0.439 e. The molecule has 0 atom stereocenters. The number of aryl methyl sites for hydroxylation is 1. The fourth-order valence-electron chi connectivity index (χ4n) is 3.40. The summed E-state index contributed by atoms with van der Waals surface area (Å²) in [5.74, 6) is -0.533. The van der Waals surface area contributed by atoms with E-state index in [1.165, 1.54) is 4.68 Å². The van der Waals surface area contributed by atoms with Crippen molar-refractivity contribution in [3.63, 3.8) is 0 Å². The summed E-state index contributed by atoms with van der Waals surface area (Å²) in [5.41, 5.74) is 8.89. The number of halogens is 1. The van der Waals surface area contributed by atoms with Crippen molar-refractivity contribution in [1.82, 2.24) is 10.3 Å². The van der Waals surface area contributed by atoms with E-state index >= 15 is 0 Å². The van der Waals surface area contributed by atoms with Gasteiger partial charge in [-0.25, -0.2) is 9.78 Å². The number of nitrogens with one attached hydrogen (secondary N) is 1. The smallest absolute Gasteiger partial charge is 0.397 e. The van der Waals surface area contributed by atoms with Gasteiger partial charge in [0.1, 0.15) is 9.71 Å². The highest BCUT2D eigenvalue weighted by atomic mass is 35.5. The number of carbonyl (C=O) groups excluding carboxylic acids is 1. The SMILES string of the molecule is Cc1ccc(-[n+]2[nH]oc(=O)c2C(=O)c2sc3nc(-c4ccc(Cl)cc4)ccc3c2N)cc1. The molecule has 7 nitrogen and oxygen atoms in total. The Morgan fingerprint density at radius 1 is 1.09 bits per heavy atom. The Labute approximate surface area is 190 Å². The summed E-state index contributed by atoms with van der Waals surface area (Å²) in [6, 6.07) is 18.3. The molecule has 3 N–H and O–H groups in total. The fourth-order valence-corrected chi connectivity index (χ4v) is 4.56. The van der Waals surface area contributed by atoms with Crippen LogP contribution in [0.3, 0.4) is 0 Å². The van der Waals surface area contributed by atoms with E-state index in [0.29, 0.717) is 20.9 Å². The van der Waals surface area contributed by atoms with E-state index in [1.807, 2.05) is 43.3 Å². The quantitative estimate of drug-likeness (QED) is 0.305. The number of rotatable bonds is 4. The van der Waals surface area contributed by atoms with Crippen molar-refractivity contribution < 1.29 is 14.0 Å². The molecule has 0 aliphatic rings. The van der Waals surface area contributed by atoms with Crippen LogP contribution in [-0.2, 0) is 0 Å². The van der Waals surface area contributed by atoms with Gasteiger partial charge >= 0.3 is 11.3 Å². The normalized spacial score (nSPS) is 11.2. The van der Waals surface area contributed by atoms with E-state index in [2.05, 4.69) is 10.3 Å². The third-order valence-electron chi connectivity index (χ3n) is 5.09. The molecule has 32 heavy (non-hydrogen) atoms. The molecular formula is C23H16ClN4O3S+. The van der Waals surface area contributed by atoms with Crippen molar-refractivity contribution in [3.05, 3.63) is 92.2 Å². The van der Waals surface area contributed by atoms with Crippen LogP contribution in [-0.4, -0.2) is 16.0 Å². The lowest BCUT2D eigenvalue weighted by Gasteiger charge is -2.01. The molecule has 0 aliphatic carbocycles. The number of carbonyl (C=O) groups is 1. The zero-order valence-corrected chi connectivity index (χ0v) is 18.3. The van der Waals surface area contributed by atoms with Gasteiger partial charge in [-0.2, -0.15) is 0 Å². The first-order valence-electron chi connectivity index (χ1n) is 9.62. The van der Waals surface area contributed by atoms with Crippen LogP contribution in [0.2, 0.25) is 5.02 Å². The van der Waals surface area contributed by atoms with Crippen molar-refractivity contribution in [3.8, 4) is 16.9 Å². The highest BCUT2D eigenvalue weighted by Gasteiger charge is 2.34. The molecule has 158 valence electrons. The molecule has 5 aromatic rings. The summed E-state index contributed by atoms with van der Waals surface area (Å²) in [6.45, 7) is 1.95. The van der Waals surface area contributed by atoms with Crippen molar-refractivity contribution in [2.45, 2.75) is 6.92 Å². The second kappa shape index (κ2) is 7.74. The highest BCUT2D eigenvalue weighted by Crippen LogP contribution is 2.35. The number of nitrogens with zero attached hydrogens (tertiary/aromatic N) is 2. The van der Waals surface area contributed by atoms with E-state index in [1.54, 1.807) is 24.3 Å². The van der Waals surface area contributed by atoms with Crippen LogP contribution >= 0.6 is 22.9 Å². The minimum Gasteiger partial charge on any atom is -0.397 e. The number of fused-ring (bicyclic) bond motifs is 1. The summed E-state index contributed by atoms with van der Waals surface area (Å²) >= 11 is 7.11. The predicted octanol–water partition coefficient (Wildman–Crippen LogP) is 4.30. The Morgan fingerprint density at radius 3 is 2.53 bits per heavy atom. The minimum atomic E-state index is -0.776. The maximum atomic E-state index is 13.4. The van der Waals surface area contributed by atoms with Gasteiger partial charge in [-0.15, -0.1) is 11.3 Å². The standard InChI is InChI=1S/C23H15ClN4O3S/c1-12-2-8-15(9-3-12)28-19(23(30)31-27-28)20(29)21-18(25)16-10-11-17(26-22(16)32-21)13-4-6-14(24)7-5-13/h2-11H,1H3,(H2-,25,27,29,30)/p+1. The van der Waals surface area contributed by atoms with Crippen LogP contribution in [0, 0.1) is 6.92 Å². The Kier molecular flexibility index (Phi) is 4.88. The topological polar surface area (TPSA) is 106 Å². The van der Waals surface area contributed by atoms with Gasteiger partial charge in [-0.1, -0.05) is 41.4 Å². The van der Waals surface area contributed by atoms with Crippen molar-refractivity contribution in [2.75, 3.05) is 5.73 Å². The van der Waals surface area contributed by atoms with Gasteiger partial charge in [0, 0.05) is 28.1 Å². The van der Waals surface area contributed by atoms with Crippen molar-refractivity contribution in [1.29, 1.82) is 0 Å². The van der Waals surface area contributed by atoms with Gasteiger partial charge in [0.05, 0.1) is 11.4 Å². The van der Waals surface area contributed by atoms with E-state index in [4.69, 9.17) is 21.9 Å². The number of benzene rings is 2. The zero-order chi connectivity index (χ0) is 22.4. The average molecular weight is 464 g/mol. The number of aromatic nitrogens is 3. The van der Waals surface area contributed by atoms with Gasteiger partial charge in [0.25, 0.3) is 5.78 Å². The zero-order valence-electron chi connectivity index (χ0n) is 16.8. The summed E-state index contributed by atoms with van der Waals surface area (Å²) in [5, 5.41) is 3.78. The molecule has 0 fully saturated rings. The lowest BCUT2D eigenvalue weighted by molar-refractivity contribution is -0.672. The Morgan fingerprint density at radius 2 is 1.81 bits per heavy atom. The molecule has 0 spiro atoms. The van der Waals surface area contributed by atoms with Crippen LogP contribution in [0.25, 0.3) is 27.2 Å². The lowest BCUT2D eigenvalue weighted by atomic mass is 10.1. The largest absolute Gasteiger partial charge is 0.439 e. The lowest BCUT2D eigenvalue weighted by Crippen LogP contribution is -2.41. The van der Waals surface area contributed by atoms with Crippen LogP contribution in [0.4, 0.5) is 5.69 Å². The van der Waals surface area contributed by atoms with Gasteiger partial charge in [-0.3, -0.25) is 9.32 Å². The number of pyridine rings is 1. The Hall–Kier alpha value is -3.75. The molecule has 3 heterocycles. The fraction of sp³-hybridized carbons (Fsp3) is 0.0435. The number of anilines is 1. The summed E-state index contributed by atoms with van der Waals surface area (Å²) in [4.78, 5) is 31.2. The first-order chi connectivity index (χ1) is 15.4. The number of hydrogen-bond donors (Lipinski definition) is 2. The number of H-pyrrole nitrogens is 1. The first kappa shape index (κ1) is 20.2. The number of aromatic amines is 1. The van der Waals surface area contributed by atoms with Gasteiger partial charge in [0.2, 0.25) is 5.69 Å². The molecular weight excluding hydrogens is 448 g/mol. The molecule has 0 aliphatic heterocycles. The molecule has 0 radical (unpaired) electrons. The summed E-state index contributed by atoms with van der Waals surface area (Å²) in [7, 11) is 0. The van der Waals surface area contributed by atoms with E-state index in [9.17, 15) is 9.59 Å². The van der Waals surface area contributed by atoms with Gasteiger partial charge in [-0.05, 0) is 41.1 Å². The molecule has 9 heteroatoms. The van der Waals surface area contributed by atoms with E-state index in [-0.39, 0.29) is 16.3 Å². The molecule has 2 aromatic carbocycles. The van der Waals surface area contributed by atoms with Crippen molar-refractivity contribution >= 4 is 44.6 Å². The molecule has 0 saturated carbocycles. The highest BCUT2D eigenvalue weighted by molar-refractivity contribution is 7.21. The Balaban J connectivity index is 1.60. The third-order valence-corrected chi connectivity index (χ3v) is 6.46. The van der Waals surface area contributed by atoms with Gasteiger partial charge in [0.15, 0.2) is 0 Å². The molecule has 0 amide bonds. The number of nitrogens with two attached hydrogens (primary N) is 1.